The molecule has 32 heavy (non-hydrogen) atoms. The quantitative estimate of drug-likeness (QED) is 0.114. The molecule has 0 bridgehead atoms. The number of anilines is 1. The van der Waals surface area contributed by atoms with E-state index in [-0.39, 0.29) is 12.0 Å². The molecule has 0 aliphatic heterocycles. The first-order chi connectivity index (χ1) is 15.7. The number of nitrogens with zero attached hydrogens (tertiary/aromatic N) is 4. The number of carbonyl (C=O) groups is 1. The van der Waals surface area contributed by atoms with Crippen molar-refractivity contribution >= 4 is 17.6 Å². The van der Waals surface area contributed by atoms with Crippen LogP contribution < -0.4 is 10.6 Å². The van der Waals surface area contributed by atoms with Gasteiger partial charge in [0.1, 0.15) is 0 Å². The van der Waals surface area contributed by atoms with Crippen LogP contribution in [0.4, 0.5) is 5.69 Å². The molecular formula is C24H38N6O2. The third-order valence-electron chi connectivity index (χ3n) is 5.51. The van der Waals surface area contributed by atoms with Crippen LogP contribution in [0, 0.1) is 11.5 Å². The Hall–Kier alpha value is -2.66. The lowest BCUT2D eigenvalue weighted by molar-refractivity contribution is -0.211. The van der Waals surface area contributed by atoms with Gasteiger partial charge in [0.05, 0.1) is 6.10 Å². The molecule has 1 amide bonds. The number of carbonyl (C=O) groups excluding carboxylic acids is 1. The molecule has 0 radical (unpaired) electrons. The number of hydrogen-bond acceptors (Lipinski definition) is 5. The van der Waals surface area contributed by atoms with E-state index in [1.165, 1.54) is 19.3 Å². The maximum Gasteiger partial charge on any atom is 0.246 e. The first-order valence-electron chi connectivity index (χ1n) is 12.1. The molecule has 0 unspecified atom stereocenters. The molecule has 1 saturated carbocycles. The Morgan fingerprint density at radius 1 is 1.19 bits per heavy atom. The van der Waals surface area contributed by atoms with Crippen molar-refractivity contribution in [2.75, 3.05) is 18.4 Å². The third kappa shape index (κ3) is 10.6. The predicted molar refractivity (Wildman–Crippen MR) is 127 cm³/mol. The number of unbranched alkanes of at least 4 members (excludes halogenated alkanes) is 4. The zero-order valence-electron chi connectivity index (χ0n) is 19.4. The molecule has 2 rings (SSSR count). The zero-order valence-corrected chi connectivity index (χ0v) is 19.4. The Bertz CT molecular complexity index is 713. The highest BCUT2D eigenvalue weighted by Gasteiger charge is 2.21. The van der Waals surface area contributed by atoms with Crippen molar-refractivity contribution < 1.29 is 9.63 Å². The average molecular weight is 443 g/mol. The van der Waals surface area contributed by atoms with Gasteiger partial charge in [0.25, 0.3) is 0 Å². The molecule has 0 spiro atoms. The molecule has 1 aromatic rings. The molecule has 8 heteroatoms. The van der Waals surface area contributed by atoms with Crippen molar-refractivity contribution in [2.24, 2.45) is 4.99 Å². The molecule has 0 atom stereocenters. The van der Waals surface area contributed by atoms with Gasteiger partial charge in [-0.25, -0.2) is 5.06 Å². The second-order valence-corrected chi connectivity index (χ2v) is 8.21. The molecular weight excluding hydrogens is 404 g/mol. The molecule has 176 valence electrons. The van der Waals surface area contributed by atoms with Crippen LogP contribution in [0.15, 0.2) is 29.5 Å². The predicted octanol–water partition coefficient (Wildman–Crippen LogP) is 4.76. The lowest BCUT2D eigenvalue weighted by atomic mass is 9.98. The van der Waals surface area contributed by atoms with Crippen molar-refractivity contribution in [1.29, 1.82) is 5.26 Å². The molecule has 1 fully saturated rings. The summed E-state index contributed by atoms with van der Waals surface area (Å²) in [6.45, 7) is 3.44. The van der Waals surface area contributed by atoms with Crippen LogP contribution in [0.2, 0.25) is 0 Å². The van der Waals surface area contributed by atoms with Crippen LogP contribution in [0.1, 0.15) is 84.0 Å². The number of amides is 1. The fraction of sp³-hybridized carbons (Fsp3) is 0.667. The van der Waals surface area contributed by atoms with Gasteiger partial charge in [-0.2, -0.15) is 5.26 Å². The lowest BCUT2D eigenvalue weighted by Gasteiger charge is -2.29. The Balaban J connectivity index is 1.65. The average Bonchev–Trinajstić information content (AvgIpc) is 2.82. The van der Waals surface area contributed by atoms with Gasteiger partial charge in [0.2, 0.25) is 11.9 Å². The number of aliphatic imine (C=N–C) groups is 1. The lowest BCUT2D eigenvalue weighted by Crippen LogP contribution is -2.36. The molecule has 1 aliphatic carbocycles. The second-order valence-electron chi connectivity index (χ2n) is 8.21. The van der Waals surface area contributed by atoms with Gasteiger partial charge in [-0.05, 0) is 44.2 Å². The van der Waals surface area contributed by atoms with Gasteiger partial charge in [0.15, 0.2) is 6.19 Å². The molecule has 0 saturated heterocycles. The van der Waals surface area contributed by atoms with Gasteiger partial charge in [-0.15, -0.1) is 0 Å². The molecule has 1 aromatic heterocycles. The third-order valence-corrected chi connectivity index (χ3v) is 5.51. The van der Waals surface area contributed by atoms with Crippen LogP contribution >= 0.6 is 0 Å². The fourth-order valence-electron chi connectivity index (χ4n) is 3.68. The summed E-state index contributed by atoms with van der Waals surface area (Å²) >= 11 is 0. The monoisotopic (exact) mass is 442 g/mol. The number of hydroxylamine groups is 2. The Kier molecular flexibility index (Phi) is 12.8. The van der Waals surface area contributed by atoms with Crippen molar-refractivity contribution in [3.63, 3.8) is 0 Å². The van der Waals surface area contributed by atoms with E-state index in [2.05, 4.69) is 27.5 Å². The fourth-order valence-corrected chi connectivity index (χ4v) is 3.68. The minimum Gasteiger partial charge on any atom is -0.325 e. The van der Waals surface area contributed by atoms with Crippen molar-refractivity contribution in [3.8, 4) is 6.19 Å². The van der Waals surface area contributed by atoms with E-state index >= 15 is 0 Å². The van der Waals surface area contributed by atoms with Crippen LogP contribution in [-0.2, 0) is 9.63 Å². The number of hydrogen-bond donors (Lipinski definition) is 2. The molecule has 8 nitrogen and oxygen atoms in total. The van der Waals surface area contributed by atoms with Gasteiger partial charge < -0.3 is 5.32 Å². The number of pyridine rings is 1. The number of aromatic nitrogens is 1. The van der Waals surface area contributed by atoms with Gasteiger partial charge in [-0.1, -0.05) is 45.4 Å². The number of nitrogens with one attached hydrogen (secondary N) is 2. The van der Waals surface area contributed by atoms with Crippen molar-refractivity contribution in [3.05, 3.63) is 24.5 Å². The summed E-state index contributed by atoms with van der Waals surface area (Å²) in [6, 6.07) is 3.63. The molecule has 1 heterocycles. The van der Waals surface area contributed by atoms with Crippen LogP contribution in [0.3, 0.4) is 0 Å². The smallest absolute Gasteiger partial charge is 0.246 e. The minimum absolute atomic E-state index is 0.115. The van der Waals surface area contributed by atoms with E-state index in [1.807, 2.05) is 18.3 Å². The van der Waals surface area contributed by atoms with Gasteiger partial charge in [0, 0.05) is 37.6 Å². The highest BCUT2D eigenvalue weighted by molar-refractivity contribution is 5.94. The topological polar surface area (TPSA) is 103 Å². The summed E-state index contributed by atoms with van der Waals surface area (Å²) in [5.41, 5.74) is 0.822. The Labute approximate surface area is 192 Å². The van der Waals surface area contributed by atoms with Gasteiger partial charge in [-0.3, -0.25) is 24.9 Å². The Morgan fingerprint density at radius 2 is 1.94 bits per heavy atom. The van der Waals surface area contributed by atoms with E-state index in [4.69, 9.17) is 10.1 Å². The molecule has 1 aliphatic rings. The summed E-state index contributed by atoms with van der Waals surface area (Å²) in [6.07, 6.45) is 17.6. The maximum atomic E-state index is 12.7. The first-order valence-corrected chi connectivity index (χ1v) is 12.1. The van der Waals surface area contributed by atoms with E-state index in [0.29, 0.717) is 25.5 Å². The van der Waals surface area contributed by atoms with E-state index in [1.54, 1.807) is 17.5 Å². The SMILES string of the molecule is CCCCN(OC1CCCCC1)C(=O)CCCCCCN=C(NC#N)Nc1ccncc1. The van der Waals surface area contributed by atoms with E-state index < -0.39 is 0 Å². The largest absolute Gasteiger partial charge is 0.325 e. The van der Waals surface area contributed by atoms with Crippen LogP contribution in [0.5, 0.6) is 0 Å². The normalized spacial score (nSPS) is 14.6. The maximum absolute atomic E-state index is 12.7. The van der Waals surface area contributed by atoms with Crippen LogP contribution in [0.25, 0.3) is 0 Å². The van der Waals surface area contributed by atoms with Crippen LogP contribution in [-0.4, -0.2) is 41.1 Å². The summed E-state index contributed by atoms with van der Waals surface area (Å²) < 4.78 is 0. The summed E-state index contributed by atoms with van der Waals surface area (Å²) in [7, 11) is 0. The summed E-state index contributed by atoms with van der Waals surface area (Å²) in [4.78, 5) is 27.1. The Morgan fingerprint density at radius 3 is 2.66 bits per heavy atom. The standard InChI is InChI=1S/C24H38N6O2/c1-2-3-19-30(32-22-11-7-6-8-12-22)23(31)13-9-4-5-10-16-27-24(28-20-25)29-21-14-17-26-18-15-21/h14-15,17-18,22H,2-13,16,19H2,1H3,(H2,26,27,28,29). The van der Waals surface area contributed by atoms with E-state index in [0.717, 1.165) is 57.1 Å². The number of guanidine groups is 1. The van der Waals surface area contributed by atoms with E-state index in [9.17, 15) is 4.79 Å². The first kappa shape index (κ1) is 25.6. The summed E-state index contributed by atoms with van der Waals surface area (Å²) in [5.74, 6) is 0.546. The second kappa shape index (κ2) is 16.0. The number of nitriles is 1. The van der Waals surface area contributed by atoms with Gasteiger partial charge >= 0.3 is 0 Å². The zero-order chi connectivity index (χ0) is 22.9. The minimum atomic E-state index is 0.115. The highest BCUT2D eigenvalue weighted by Crippen LogP contribution is 2.22. The molecule has 0 aromatic carbocycles. The summed E-state index contributed by atoms with van der Waals surface area (Å²) in [5, 5.41) is 16.2. The molecule has 2 N–H and O–H groups in total. The van der Waals surface area contributed by atoms with Crippen molar-refractivity contribution in [2.45, 2.75) is 90.1 Å². The number of rotatable bonds is 13. The van der Waals surface area contributed by atoms with Crippen molar-refractivity contribution in [1.82, 2.24) is 15.4 Å². The highest BCUT2D eigenvalue weighted by atomic mass is 16.7.